The van der Waals surface area contributed by atoms with Crippen LogP contribution in [0.1, 0.15) is 22.3 Å². The summed E-state index contributed by atoms with van der Waals surface area (Å²) in [4.78, 5) is 0. The molecule has 10 rings (SSSR count). The second-order valence-corrected chi connectivity index (χ2v) is 13.8. The Morgan fingerprint density at radius 2 is 0.923 bits per heavy atom. The van der Waals surface area contributed by atoms with Gasteiger partial charge in [0.2, 0.25) is 0 Å². The summed E-state index contributed by atoms with van der Waals surface area (Å²) in [5, 5.41) is 8.86. The second kappa shape index (κ2) is 12.3. The molecule has 52 heavy (non-hydrogen) atoms. The van der Waals surface area contributed by atoms with Crippen molar-refractivity contribution in [1.82, 2.24) is 0 Å². The quantitative estimate of drug-likeness (QED) is 0.187. The lowest BCUT2D eigenvalue weighted by atomic mass is 9.68. The third-order valence-electron chi connectivity index (χ3n) is 10.9. The SMILES string of the molecule is c1ccc(C2(c3ccccc3)c3ccccc3-c3c(Nc4ccc(-c5ccc6cccc(-c7ccc8ccccc8c7)c6c5)cc4)cccc32)cc1. The van der Waals surface area contributed by atoms with Crippen LogP contribution >= 0.6 is 0 Å². The van der Waals surface area contributed by atoms with Crippen molar-refractivity contribution in [2.75, 3.05) is 5.32 Å². The van der Waals surface area contributed by atoms with Gasteiger partial charge in [-0.15, -0.1) is 0 Å². The van der Waals surface area contributed by atoms with Crippen LogP contribution in [0.15, 0.2) is 206 Å². The molecule has 0 bridgehead atoms. The Labute approximate surface area is 304 Å². The van der Waals surface area contributed by atoms with E-state index in [9.17, 15) is 0 Å². The molecule has 0 fully saturated rings. The molecule has 0 spiro atoms. The van der Waals surface area contributed by atoms with Crippen molar-refractivity contribution in [3.8, 4) is 33.4 Å². The van der Waals surface area contributed by atoms with Gasteiger partial charge >= 0.3 is 0 Å². The summed E-state index contributed by atoms with van der Waals surface area (Å²) in [7, 11) is 0. The van der Waals surface area contributed by atoms with Crippen LogP contribution < -0.4 is 5.32 Å². The largest absolute Gasteiger partial charge is 0.355 e. The first-order valence-electron chi connectivity index (χ1n) is 18.0. The molecule has 0 saturated carbocycles. The fourth-order valence-electron chi connectivity index (χ4n) is 8.56. The molecule has 244 valence electrons. The molecule has 1 aliphatic carbocycles. The smallest absolute Gasteiger partial charge is 0.0714 e. The van der Waals surface area contributed by atoms with Crippen molar-refractivity contribution in [3.63, 3.8) is 0 Å². The standard InChI is InChI=1S/C51H35N/c1-3-16-41(17-4-1)51(42-18-5-2-6-19-42)47-22-10-9-20-45(47)50-48(51)23-12-24-49(50)52-43-31-29-36(30-32-43)39-27-26-37-15-11-21-44(46(37)34-39)40-28-25-35-13-7-8-14-38(35)33-40/h1-34,52H. The Morgan fingerprint density at radius 3 is 1.71 bits per heavy atom. The lowest BCUT2D eigenvalue weighted by Crippen LogP contribution is -2.28. The number of benzene rings is 9. The van der Waals surface area contributed by atoms with E-state index in [1.165, 1.54) is 77.2 Å². The number of hydrogen-bond acceptors (Lipinski definition) is 1. The van der Waals surface area contributed by atoms with E-state index in [0.717, 1.165) is 11.4 Å². The Morgan fingerprint density at radius 1 is 0.346 bits per heavy atom. The van der Waals surface area contributed by atoms with E-state index in [1.54, 1.807) is 0 Å². The van der Waals surface area contributed by atoms with Gasteiger partial charge in [-0.05, 0) is 102 Å². The van der Waals surface area contributed by atoms with Crippen molar-refractivity contribution in [3.05, 3.63) is 229 Å². The van der Waals surface area contributed by atoms with E-state index >= 15 is 0 Å². The van der Waals surface area contributed by atoms with Crippen LogP contribution in [0.4, 0.5) is 11.4 Å². The van der Waals surface area contributed by atoms with E-state index in [4.69, 9.17) is 0 Å². The molecule has 0 saturated heterocycles. The normalized spacial score (nSPS) is 12.8. The number of anilines is 2. The maximum Gasteiger partial charge on any atom is 0.0714 e. The predicted octanol–water partition coefficient (Wildman–Crippen LogP) is 13.4. The van der Waals surface area contributed by atoms with Crippen molar-refractivity contribution in [1.29, 1.82) is 0 Å². The minimum absolute atomic E-state index is 0.419. The van der Waals surface area contributed by atoms with Crippen LogP contribution in [0, 0.1) is 0 Å². The van der Waals surface area contributed by atoms with E-state index < -0.39 is 5.41 Å². The Balaban J connectivity index is 1.03. The molecule has 9 aromatic carbocycles. The number of fused-ring (bicyclic) bond motifs is 5. The molecule has 0 heterocycles. The highest BCUT2D eigenvalue weighted by molar-refractivity contribution is 6.01. The molecule has 0 unspecified atom stereocenters. The van der Waals surface area contributed by atoms with E-state index in [-0.39, 0.29) is 0 Å². The first kappa shape index (κ1) is 30.2. The molecule has 1 heteroatoms. The van der Waals surface area contributed by atoms with Gasteiger partial charge in [-0.1, -0.05) is 176 Å². The number of hydrogen-bond donors (Lipinski definition) is 1. The molecule has 1 N–H and O–H groups in total. The van der Waals surface area contributed by atoms with Crippen molar-refractivity contribution in [2.45, 2.75) is 5.41 Å². The molecular weight excluding hydrogens is 627 g/mol. The third-order valence-corrected chi connectivity index (χ3v) is 10.9. The monoisotopic (exact) mass is 661 g/mol. The average molecular weight is 662 g/mol. The first-order valence-corrected chi connectivity index (χ1v) is 18.0. The van der Waals surface area contributed by atoms with E-state index in [2.05, 4.69) is 212 Å². The fraction of sp³-hybridized carbons (Fsp3) is 0.0196. The molecule has 1 aliphatic rings. The van der Waals surface area contributed by atoms with Crippen molar-refractivity contribution in [2.24, 2.45) is 0 Å². The summed E-state index contributed by atoms with van der Waals surface area (Å²) in [5.41, 5.74) is 14.3. The van der Waals surface area contributed by atoms with Crippen LogP contribution in [0.25, 0.3) is 54.9 Å². The Kier molecular flexibility index (Phi) is 7.11. The van der Waals surface area contributed by atoms with Gasteiger partial charge in [-0.2, -0.15) is 0 Å². The second-order valence-electron chi connectivity index (χ2n) is 13.8. The highest BCUT2D eigenvalue weighted by atomic mass is 14.9. The van der Waals surface area contributed by atoms with E-state index in [0.29, 0.717) is 0 Å². The zero-order chi connectivity index (χ0) is 34.5. The van der Waals surface area contributed by atoms with Gasteiger partial charge in [0.25, 0.3) is 0 Å². The van der Waals surface area contributed by atoms with Crippen LogP contribution in [0.2, 0.25) is 0 Å². The Hall–Kier alpha value is -6.70. The lowest BCUT2D eigenvalue weighted by Gasteiger charge is -2.33. The van der Waals surface area contributed by atoms with Crippen molar-refractivity contribution < 1.29 is 0 Å². The van der Waals surface area contributed by atoms with Gasteiger partial charge in [0, 0.05) is 16.9 Å². The van der Waals surface area contributed by atoms with Gasteiger partial charge in [-0.3, -0.25) is 0 Å². The average Bonchev–Trinajstić information content (AvgIpc) is 3.53. The van der Waals surface area contributed by atoms with Gasteiger partial charge in [-0.25, -0.2) is 0 Å². The summed E-state index contributed by atoms with van der Waals surface area (Å²) < 4.78 is 0. The van der Waals surface area contributed by atoms with Gasteiger partial charge in [0.05, 0.1) is 5.41 Å². The van der Waals surface area contributed by atoms with Gasteiger partial charge < -0.3 is 5.32 Å². The first-order chi connectivity index (χ1) is 25.8. The maximum atomic E-state index is 3.84. The molecule has 1 nitrogen and oxygen atoms in total. The zero-order valence-corrected chi connectivity index (χ0v) is 28.6. The number of rotatable bonds is 6. The van der Waals surface area contributed by atoms with Crippen LogP contribution in [0.3, 0.4) is 0 Å². The Bertz CT molecular complexity index is 2700. The molecule has 0 aliphatic heterocycles. The molecule has 0 radical (unpaired) electrons. The highest BCUT2D eigenvalue weighted by Crippen LogP contribution is 2.58. The molecule has 0 amide bonds. The summed E-state index contributed by atoms with van der Waals surface area (Å²) in [6.07, 6.45) is 0. The summed E-state index contributed by atoms with van der Waals surface area (Å²) in [5.74, 6) is 0. The zero-order valence-electron chi connectivity index (χ0n) is 28.6. The minimum Gasteiger partial charge on any atom is -0.355 e. The predicted molar refractivity (Wildman–Crippen MR) is 219 cm³/mol. The van der Waals surface area contributed by atoms with Gasteiger partial charge in [0.1, 0.15) is 0 Å². The molecule has 0 aromatic heterocycles. The molecule has 0 atom stereocenters. The summed E-state index contributed by atoms with van der Waals surface area (Å²) >= 11 is 0. The van der Waals surface area contributed by atoms with Crippen molar-refractivity contribution >= 4 is 32.9 Å². The highest BCUT2D eigenvalue weighted by Gasteiger charge is 2.46. The summed E-state index contributed by atoms with van der Waals surface area (Å²) in [6, 6.07) is 75.2. The minimum atomic E-state index is -0.419. The van der Waals surface area contributed by atoms with E-state index in [1.807, 2.05) is 0 Å². The third kappa shape index (κ3) is 4.78. The molecule has 9 aromatic rings. The van der Waals surface area contributed by atoms with Crippen LogP contribution in [-0.4, -0.2) is 0 Å². The van der Waals surface area contributed by atoms with Crippen LogP contribution in [-0.2, 0) is 5.41 Å². The van der Waals surface area contributed by atoms with Crippen LogP contribution in [0.5, 0.6) is 0 Å². The summed E-state index contributed by atoms with van der Waals surface area (Å²) in [6.45, 7) is 0. The molecular formula is C51H35N. The lowest BCUT2D eigenvalue weighted by molar-refractivity contribution is 0.768. The topological polar surface area (TPSA) is 12.0 Å². The van der Waals surface area contributed by atoms with Gasteiger partial charge in [0.15, 0.2) is 0 Å². The fourth-order valence-corrected chi connectivity index (χ4v) is 8.56. The number of nitrogens with one attached hydrogen (secondary N) is 1. The maximum absolute atomic E-state index is 3.84.